The molecule has 0 N–H and O–H groups in total. The topological polar surface area (TPSA) is 79.8 Å². The molecule has 0 aliphatic rings. The molecular weight excluding hydrogens is 434 g/mol. The molecule has 2 aromatic carbocycles. The zero-order valence-corrected chi connectivity index (χ0v) is 18.5. The van der Waals surface area contributed by atoms with Crippen LogP contribution in [0.1, 0.15) is 5.56 Å². The fourth-order valence-corrected chi connectivity index (χ4v) is 4.26. The van der Waals surface area contributed by atoms with Crippen LogP contribution in [0.15, 0.2) is 42.5 Å². The SMILES string of the molecule is COc1ccc(Cl)c2sc(N(Cc3ccccc3)C(=O)CN(C)S(C)(=O)=O)nc12. The lowest BCUT2D eigenvalue weighted by Gasteiger charge is -2.22. The van der Waals surface area contributed by atoms with Gasteiger partial charge in [0.25, 0.3) is 0 Å². The molecular formula is C19H20ClN3O4S2. The van der Waals surface area contributed by atoms with Gasteiger partial charge in [-0.25, -0.2) is 13.4 Å². The van der Waals surface area contributed by atoms with E-state index in [0.29, 0.717) is 26.1 Å². The number of halogens is 1. The van der Waals surface area contributed by atoms with Crippen molar-refractivity contribution in [2.75, 3.05) is 31.9 Å². The van der Waals surface area contributed by atoms with E-state index in [1.165, 1.54) is 30.4 Å². The Hall–Kier alpha value is -2.20. The molecule has 1 heterocycles. The van der Waals surface area contributed by atoms with Gasteiger partial charge in [0.2, 0.25) is 15.9 Å². The first-order chi connectivity index (χ1) is 13.7. The number of amides is 1. The molecule has 154 valence electrons. The van der Waals surface area contributed by atoms with E-state index in [0.717, 1.165) is 16.1 Å². The van der Waals surface area contributed by atoms with Crippen molar-refractivity contribution in [1.82, 2.24) is 9.29 Å². The van der Waals surface area contributed by atoms with E-state index < -0.39 is 15.9 Å². The fourth-order valence-electron chi connectivity index (χ4n) is 2.64. The van der Waals surface area contributed by atoms with Crippen LogP contribution < -0.4 is 9.64 Å². The van der Waals surface area contributed by atoms with Gasteiger partial charge in [0.1, 0.15) is 11.3 Å². The maximum atomic E-state index is 13.0. The van der Waals surface area contributed by atoms with Crippen molar-refractivity contribution in [3.8, 4) is 5.75 Å². The molecule has 1 amide bonds. The Balaban J connectivity index is 2.04. The van der Waals surface area contributed by atoms with Crippen molar-refractivity contribution in [2.45, 2.75) is 6.54 Å². The van der Waals surface area contributed by atoms with Crippen LogP contribution >= 0.6 is 22.9 Å². The van der Waals surface area contributed by atoms with Gasteiger partial charge in [0.05, 0.1) is 36.2 Å². The maximum absolute atomic E-state index is 13.0. The summed E-state index contributed by atoms with van der Waals surface area (Å²) in [4.78, 5) is 19.1. The smallest absolute Gasteiger partial charge is 0.244 e. The molecule has 29 heavy (non-hydrogen) atoms. The van der Waals surface area contributed by atoms with Gasteiger partial charge >= 0.3 is 0 Å². The van der Waals surface area contributed by atoms with E-state index in [-0.39, 0.29) is 13.1 Å². The van der Waals surface area contributed by atoms with E-state index in [2.05, 4.69) is 4.98 Å². The molecule has 0 unspecified atom stereocenters. The Morgan fingerprint density at radius 3 is 2.52 bits per heavy atom. The predicted octanol–water partition coefficient (Wildman–Crippen LogP) is 3.38. The first-order valence-electron chi connectivity index (χ1n) is 8.59. The number of carbonyl (C=O) groups is 1. The normalized spacial score (nSPS) is 11.8. The van der Waals surface area contributed by atoms with Gasteiger partial charge in [0, 0.05) is 7.05 Å². The zero-order valence-electron chi connectivity index (χ0n) is 16.1. The third-order valence-electron chi connectivity index (χ3n) is 4.31. The first kappa shape index (κ1) is 21.5. The highest BCUT2D eigenvalue weighted by atomic mass is 35.5. The molecule has 0 aliphatic heterocycles. The lowest BCUT2D eigenvalue weighted by atomic mass is 10.2. The maximum Gasteiger partial charge on any atom is 0.244 e. The molecule has 0 spiro atoms. The summed E-state index contributed by atoms with van der Waals surface area (Å²) >= 11 is 7.57. The minimum Gasteiger partial charge on any atom is -0.494 e. The third kappa shape index (κ3) is 4.87. The van der Waals surface area contributed by atoms with Gasteiger partial charge in [-0.15, -0.1) is 0 Å². The zero-order chi connectivity index (χ0) is 21.2. The lowest BCUT2D eigenvalue weighted by molar-refractivity contribution is -0.118. The number of likely N-dealkylation sites (N-methyl/N-ethyl adjacent to an activating group) is 1. The van der Waals surface area contributed by atoms with Crippen LogP contribution in [-0.4, -0.2) is 50.6 Å². The number of anilines is 1. The number of nitrogens with zero attached hydrogens (tertiary/aromatic N) is 3. The van der Waals surface area contributed by atoms with E-state index in [1.807, 2.05) is 30.3 Å². The molecule has 7 nitrogen and oxygen atoms in total. The molecule has 0 saturated carbocycles. The highest BCUT2D eigenvalue weighted by Crippen LogP contribution is 2.39. The van der Waals surface area contributed by atoms with E-state index in [1.54, 1.807) is 12.1 Å². The monoisotopic (exact) mass is 453 g/mol. The van der Waals surface area contributed by atoms with Gasteiger partial charge in [0.15, 0.2) is 5.13 Å². The van der Waals surface area contributed by atoms with Gasteiger partial charge in [-0.3, -0.25) is 9.69 Å². The Morgan fingerprint density at radius 1 is 1.21 bits per heavy atom. The summed E-state index contributed by atoms with van der Waals surface area (Å²) in [7, 11) is -0.596. The summed E-state index contributed by atoms with van der Waals surface area (Å²) in [6, 6.07) is 12.8. The second-order valence-corrected chi connectivity index (χ2v) is 9.88. The number of methoxy groups -OCH3 is 1. The van der Waals surface area contributed by atoms with Crippen LogP contribution in [0, 0.1) is 0 Å². The number of carbonyl (C=O) groups excluding carboxylic acids is 1. The van der Waals surface area contributed by atoms with Gasteiger partial charge < -0.3 is 4.74 Å². The summed E-state index contributed by atoms with van der Waals surface area (Å²) in [5.41, 5.74) is 1.45. The quantitative estimate of drug-likeness (QED) is 0.547. The number of fused-ring (bicyclic) bond motifs is 1. The second kappa shape index (κ2) is 8.66. The molecule has 0 fully saturated rings. The average molecular weight is 454 g/mol. The first-order valence-corrected chi connectivity index (χ1v) is 11.6. The van der Waals surface area contributed by atoms with Crippen LogP contribution in [0.3, 0.4) is 0 Å². The van der Waals surface area contributed by atoms with Crippen molar-refractivity contribution in [3.05, 3.63) is 53.1 Å². The van der Waals surface area contributed by atoms with Crippen LogP contribution in [-0.2, 0) is 21.4 Å². The largest absolute Gasteiger partial charge is 0.494 e. The summed E-state index contributed by atoms with van der Waals surface area (Å²) in [6.07, 6.45) is 1.06. The lowest BCUT2D eigenvalue weighted by Crippen LogP contribution is -2.40. The number of hydrogen-bond acceptors (Lipinski definition) is 6. The van der Waals surface area contributed by atoms with Gasteiger partial charge in [-0.1, -0.05) is 53.3 Å². The van der Waals surface area contributed by atoms with Gasteiger partial charge in [-0.2, -0.15) is 4.31 Å². The van der Waals surface area contributed by atoms with Gasteiger partial charge in [-0.05, 0) is 17.7 Å². The van der Waals surface area contributed by atoms with Crippen molar-refractivity contribution < 1.29 is 17.9 Å². The van der Waals surface area contributed by atoms with E-state index in [4.69, 9.17) is 16.3 Å². The number of benzene rings is 2. The summed E-state index contributed by atoms with van der Waals surface area (Å²) in [6.45, 7) is -0.0521. The molecule has 0 bridgehead atoms. The highest BCUT2D eigenvalue weighted by Gasteiger charge is 2.25. The summed E-state index contributed by atoms with van der Waals surface area (Å²) in [5.74, 6) is 0.156. The molecule has 1 aromatic heterocycles. The fraction of sp³-hybridized carbons (Fsp3) is 0.263. The number of ether oxygens (including phenoxy) is 1. The highest BCUT2D eigenvalue weighted by molar-refractivity contribution is 7.88. The number of hydrogen-bond donors (Lipinski definition) is 0. The molecule has 3 aromatic rings. The Kier molecular flexibility index (Phi) is 6.42. The second-order valence-electron chi connectivity index (χ2n) is 6.41. The van der Waals surface area contributed by atoms with Crippen molar-refractivity contribution in [1.29, 1.82) is 0 Å². The third-order valence-corrected chi connectivity index (χ3v) is 7.11. The number of aromatic nitrogens is 1. The van der Waals surface area contributed by atoms with Crippen molar-refractivity contribution in [3.63, 3.8) is 0 Å². The molecule has 10 heteroatoms. The molecule has 0 aliphatic carbocycles. The average Bonchev–Trinajstić information content (AvgIpc) is 3.12. The summed E-state index contributed by atoms with van der Waals surface area (Å²) < 4.78 is 30.6. The molecule has 0 atom stereocenters. The minimum absolute atomic E-state index is 0.247. The van der Waals surface area contributed by atoms with Crippen LogP contribution in [0.4, 0.5) is 5.13 Å². The molecule has 3 rings (SSSR count). The number of sulfonamides is 1. The van der Waals surface area contributed by atoms with E-state index in [9.17, 15) is 13.2 Å². The predicted molar refractivity (Wildman–Crippen MR) is 116 cm³/mol. The van der Waals surface area contributed by atoms with Crippen LogP contribution in [0.5, 0.6) is 5.75 Å². The number of thiazole rings is 1. The van der Waals surface area contributed by atoms with E-state index >= 15 is 0 Å². The van der Waals surface area contributed by atoms with Crippen molar-refractivity contribution in [2.24, 2.45) is 0 Å². The van der Waals surface area contributed by atoms with Crippen LogP contribution in [0.25, 0.3) is 10.2 Å². The Labute approximate surface area is 178 Å². The molecule has 0 saturated heterocycles. The number of rotatable bonds is 7. The Bertz CT molecular complexity index is 1130. The molecule has 0 radical (unpaired) electrons. The minimum atomic E-state index is -3.50. The van der Waals surface area contributed by atoms with Crippen molar-refractivity contribution >= 4 is 54.2 Å². The Morgan fingerprint density at radius 2 is 1.90 bits per heavy atom. The summed E-state index contributed by atoms with van der Waals surface area (Å²) in [5, 5.41) is 0.923. The van der Waals surface area contributed by atoms with Crippen LogP contribution in [0.2, 0.25) is 5.02 Å². The standard InChI is InChI=1S/C19H20ClN3O4S2/c1-22(29(3,25)26)12-16(24)23(11-13-7-5-4-6-8-13)19-21-17-15(27-2)10-9-14(20)18(17)28-19/h4-10H,11-12H2,1-3H3.